The van der Waals surface area contributed by atoms with Gasteiger partial charge in [-0.1, -0.05) is 12.1 Å². The molecule has 2 saturated heterocycles. The Balaban J connectivity index is 1.26. The van der Waals surface area contributed by atoms with E-state index >= 15 is 0 Å². The van der Waals surface area contributed by atoms with Gasteiger partial charge in [0.25, 0.3) is 11.5 Å². The van der Waals surface area contributed by atoms with E-state index in [0.717, 1.165) is 44.6 Å². The molecule has 178 valence electrons. The molecule has 1 atom stereocenters. The van der Waals surface area contributed by atoms with Crippen molar-refractivity contribution in [2.75, 3.05) is 38.1 Å². The van der Waals surface area contributed by atoms with Crippen LogP contribution in [0.4, 0.5) is 5.69 Å². The van der Waals surface area contributed by atoms with E-state index in [0.29, 0.717) is 41.4 Å². The first-order chi connectivity index (χ1) is 16.5. The maximum atomic E-state index is 12.6. The molecule has 0 saturated carbocycles. The molecule has 1 amide bonds. The number of nitrogens with zero attached hydrogens (tertiary/aromatic N) is 4. The molecule has 2 aliphatic rings. The Kier molecular flexibility index (Phi) is 6.05. The maximum Gasteiger partial charge on any atom is 0.269 e. The molecule has 1 unspecified atom stereocenters. The highest BCUT2D eigenvalue weighted by atomic mass is 16.3. The minimum absolute atomic E-state index is 0.190. The van der Waals surface area contributed by atoms with Crippen molar-refractivity contribution in [1.82, 2.24) is 25.2 Å². The molecule has 9 nitrogen and oxygen atoms in total. The summed E-state index contributed by atoms with van der Waals surface area (Å²) in [5.74, 6) is 0.172. The number of rotatable bonds is 4. The number of H-pyrrole nitrogens is 1. The summed E-state index contributed by atoms with van der Waals surface area (Å²) in [5.41, 5.74) is 0.651. The fourth-order valence-electron chi connectivity index (χ4n) is 5.21. The zero-order valence-electron chi connectivity index (χ0n) is 19.3. The molecule has 0 spiro atoms. The SMILES string of the molecule is CNC(=O)c1ccc(N2CCC(N3CCCC(O)(c4nc5ccccc5c(=O)[nH]4)C3)CC2)cn1. The predicted molar refractivity (Wildman–Crippen MR) is 130 cm³/mol. The molecular weight excluding hydrogens is 432 g/mol. The number of pyridine rings is 1. The van der Waals surface area contributed by atoms with E-state index < -0.39 is 5.60 Å². The van der Waals surface area contributed by atoms with Crippen LogP contribution < -0.4 is 15.8 Å². The first-order valence-electron chi connectivity index (χ1n) is 11.9. The lowest BCUT2D eigenvalue weighted by molar-refractivity contribution is -0.0573. The van der Waals surface area contributed by atoms with Gasteiger partial charge in [-0.3, -0.25) is 14.5 Å². The van der Waals surface area contributed by atoms with Crippen LogP contribution in [0.2, 0.25) is 0 Å². The number of anilines is 1. The number of para-hydroxylation sites is 1. The number of piperidine rings is 2. The molecule has 0 bridgehead atoms. The van der Waals surface area contributed by atoms with Crippen molar-refractivity contribution in [3.63, 3.8) is 0 Å². The highest BCUT2D eigenvalue weighted by Gasteiger charge is 2.40. The van der Waals surface area contributed by atoms with Gasteiger partial charge >= 0.3 is 0 Å². The minimum Gasteiger partial charge on any atom is -0.381 e. The first-order valence-corrected chi connectivity index (χ1v) is 11.9. The monoisotopic (exact) mass is 462 g/mol. The van der Waals surface area contributed by atoms with E-state index in [4.69, 9.17) is 0 Å². The van der Waals surface area contributed by atoms with Crippen LogP contribution in [0.25, 0.3) is 10.9 Å². The summed E-state index contributed by atoms with van der Waals surface area (Å²) in [6.07, 6.45) is 5.11. The van der Waals surface area contributed by atoms with Crippen LogP contribution in [-0.4, -0.2) is 70.1 Å². The van der Waals surface area contributed by atoms with Crippen molar-refractivity contribution in [2.24, 2.45) is 0 Å². The molecule has 0 aliphatic carbocycles. The van der Waals surface area contributed by atoms with E-state index in [2.05, 4.69) is 30.1 Å². The Morgan fingerprint density at radius 1 is 1.18 bits per heavy atom. The molecule has 2 aromatic heterocycles. The number of amides is 1. The van der Waals surface area contributed by atoms with E-state index in [9.17, 15) is 14.7 Å². The van der Waals surface area contributed by atoms with Crippen molar-refractivity contribution in [3.05, 3.63) is 64.5 Å². The van der Waals surface area contributed by atoms with Crippen LogP contribution in [0.3, 0.4) is 0 Å². The number of likely N-dealkylation sites (tertiary alicyclic amines) is 1. The smallest absolute Gasteiger partial charge is 0.269 e. The summed E-state index contributed by atoms with van der Waals surface area (Å²) < 4.78 is 0. The Hall–Kier alpha value is -3.30. The Morgan fingerprint density at radius 2 is 1.97 bits per heavy atom. The lowest BCUT2D eigenvalue weighted by Crippen LogP contribution is -2.54. The summed E-state index contributed by atoms with van der Waals surface area (Å²) >= 11 is 0. The van der Waals surface area contributed by atoms with Crippen LogP contribution >= 0.6 is 0 Å². The number of aromatic nitrogens is 3. The first kappa shape index (κ1) is 22.5. The molecule has 3 aromatic rings. The highest BCUT2D eigenvalue weighted by molar-refractivity contribution is 5.92. The van der Waals surface area contributed by atoms with Crippen LogP contribution in [0.15, 0.2) is 47.4 Å². The quantitative estimate of drug-likeness (QED) is 0.540. The number of carbonyl (C=O) groups excluding carboxylic acids is 1. The molecule has 2 fully saturated rings. The van der Waals surface area contributed by atoms with Gasteiger partial charge in [0.2, 0.25) is 0 Å². The summed E-state index contributed by atoms with van der Waals surface area (Å²) in [7, 11) is 1.60. The molecule has 1 aromatic carbocycles. The molecule has 9 heteroatoms. The lowest BCUT2D eigenvalue weighted by atomic mass is 9.89. The number of benzene rings is 1. The van der Waals surface area contributed by atoms with Gasteiger partial charge in [-0.2, -0.15) is 0 Å². The van der Waals surface area contributed by atoms with Crippen LogP contribution in [0.1, 0.15) is 42.0 Å². The average molecular weight is 463 g/mol. The van der Waals surface area contributed by atoms with Gasteiger partial charge in [-0.25, -0.2) is 9.97 Å². The van der Waals surface area contributed by atoms with E-state index in [1.165, 1.54) is 0 Å². The van der Waals surface area contributed by atoms with Gasteiger partial charge in [-0.05, 0) is 56.5 Å². The summed E-state index contributed by atoms with van der Waals surface area (Å²) in [6.45, 7) is 3.14. The largest absolute Gasteiger partial charge is 0.381 e. The highest BCUT2D eigenvalue weighted by Crippen LogP contribution is 2.33. The topological polar surface area (TPSA) is 114 Å². The zero-order valence-corrected chi connectivity index (χ0v) is 19.3. The average Bonchev–Trinajstić information content (AvgIpc) is 2.88. The van der Waals surface area contributed by atoms with Crippen molar-refractivity contribution in [3.8, 4) is 0 Å². The number of hydrogen-bond acceptors (Lipinski definition) is 7. The van der Waals surface area contributed by atoms with Crippen LogP contribution in [0.5, 0.6) is 0 Å². The van der Waals surface area contributed by atoms with E-state index in [1.807, 2.05) is 24.3 Å². The van der Waals surface area contributed by atoms with Crippen LogP contribution in [0, 0.1) is 0 Å². The van der Waals surface area contributed by atoms with Gasteiger partial charge in [-0.15, -0.1) is 0 Å². The van der Waals surface area contributed by atoms with Gasteiger partial charge in [0.15, 0.2) is 0 Å². The number of nitrogens with one attached hydrogen (secondary N) is 2. The number of aliphatic hydroxyl groups is 1. The summed E-state index contributed by atoms with van der Waals surface area (Å²) in [6, 6.07) is 11.3. The number of carbonyl (C=O) groups is 1. The molecular formula is C25H30N6O3. The molecule has 0 radical (unpaired) electrons. The van der Waals surface area contributed by atoms with Crippen molar-refractivity contribution in [2.45, 2.75) is 37.3 Å². The molecule has 34 heavy (non-hydrogen) atoms. The number of fused-ring (bicyclic) bond motifs is 1. The van der Waals surface area contributed by atoms with Crippen molar-refractivity contribution in [1.29, 1.82) is 0 Å². The number of β-amino-alcohol motifs (C(OH)–C–C–N with tert-alkyl or cyclic N) is 1. The van der Waals surface area contributed by atoms with Crippen molar-refractivity contribution < 1.29 is 9.90 Å². The summed E-state index contributed by atoms with van der Waals surface area (Å²) in [4.78, 5) is 40.7. The standard InChI is InChI=1S/C25H30N6O3/c1-26-23(33)21-8-7-18(15-27-21)30-13-9-17(10-14-30)31-12-4-11-25(34,16-31)24-28-20-6-3-2-5-19(20)22(32)29-24/h2-3,5-8,15,17,34H,4,9-14,16H2,1H3,(H,26,33)(H,28,29,32). The van der Waals surface area contributed by atoms with Crippen molar-refractivity contribution >= 4 is 22.5 Å². The minimum atomic E-state index is -1.17. The molecule has 4 heterocycles. The molecule has 2 aliphatic heterocycles. The second-order valence-corrected chi connectivity index (χ2v) is 9.24. The van der Waals surface area contributed by atoms with Gasteiger partial charge in [0.05, 0.1) is 22.8 Å². The third-order valence-corrected chi connectivity index (χ3v) is 7.11. The van der Waals surface area contributed by atoms with Crippen LogP contribution in [-0.2, 0) is 5.60 Å². The Morgan fingerprint density at radius 3 is 2.71 bits per heavy atom. The molecule has 5 rings (SSSR count). The molecule has 3 N–H and O–H groups in total. The maximum absolute atomic E-state index is 12.6. The van der Waals surface area contributed by atoms with E-state index in [1.54, 1.807) is 25.4 Å². The Labute approximate surface area is 197 Å². The third kappa shape index (κ3) is 4.28. The van der Waals surface area contributed by atoms with Gasteiger partial charge < -0.3 is 20.3 Å². The number of hydrogen-bond donors (Lipinski definition) is 3. The third-order valence-electron chi connectivity index (χ3n) is 7.11. The predicted octanol–water partition coefficient (Wildman–Crippen LogP) is 1.63. The van der Waals surface area contributed by atoms with Gasteiger partial charge in [0, 0.05) is 32.7 Å². The Bertz CT molecular complexity index is 1240. The second kappa shape index (κ2) is 9.15. The number of aromatic amines is 1. The fourth-order valence-corrected chi connectivity index (χ4v) is 5.21. The fraction of sp³-hybridized carbons (Fsp3) is 0.440. The van der Waals surface area contributed by atoms with Gasteiger partial charge in [0.1, 0.15) is 17.1 Å². The normalized spacial score (nSPS) is 22.1. The van der Waals surface area contributed by atoms with E-state index in [-0.39, 0.29) is 11.5 Å². The lowest BCUT2D eigenvalue weighted by Gasteiger charge is -2.45. The zero-order chi connectivity index (χ0) is 23.7. The second-order valence-electron chi connectivity index (χ2n) is 9.24. The summed E-state index contributed by atoms with van der Waals surface area (Å²) in [5, 5.41) is 14.6.